The first-order chi connectivity index (χ1) is 8.49. The lowest BCUT2D eigenvalue weighted by atomic mass is 10.2. The molecular formula is C14H27N3O. The summed E-state index contributed by atoms with van der Waals surface area (Å²) in [4.78, 5) is 15.7. The molecule has 4 heteroatoms. The number of amides is 1. The zero-order chi connectivity index (χ0) is 13.5. The van der Waals surface area contributed by atoms with Gasteiger partial charge in [-0.2, -0.15) is 0 Å². The fourth-order valence-electron chi connectivity index (χ4n) is 2.16. The molecule has 1 N–H and O–H groups in total. The van der Waals surface area contributed by atoms with Gasteiger partial charge in [-0.15, -0.1) is 0 Å². The Balaban J connectivity index is 2.30. The zero-order valence-corrected chi connectivity index (χ0v) is 12.0. The predicted octanol–water partition coefficient (Wildman–Crippen LogP) is 1.09. The van der Waals surface area contributed by atoms with Gasteiger partial charge in [-0.1, -0.05) is 20.4 Å². The van der Waals surface area contributed by atoms with Crippen molar-refractivity contribution < 1.29 is 4.79 Å². The molecule has 1 aliphatic heterocycles. The summed E-state index contributed by atoms with van der Waals surface area (Å²) in [5.41, 5.74) is 1.22. The van der Waals surface area contributed by atoms with Gasteiger partial charge in [-0.25, -0.2) is 0 Å². The quantitative estimate of drug-likeness (QED) is 0.745. The third-order valence-electron chi connectivity index (χ3n) is 3.24. The Hall–Kier alpha value is -0.870. The highest BCUT2D eigenvalue weighted by molar-refractivity contribution is 5.73. The van der Waals surface area contributed by atoms with Crippen molar-refractivity contribution in [3.05, 3.63) is 12.2 Å². The maximum Gasteiger partial charge on any atom is 0.219 e. The minimum absolute atomic E-state index is 0.192. The molecule has 1 fully saturated rings. The smallest absolute Gasteiger partial charge is 0.219 e. The summed E-state index contributed by atoms with van der Waals surface area (Å²) in [6.07, 6.45) is 1.06. The Morgan fingerprint density at radius 3 is 2.61 bits per heavy atom. The normalized spacial score (nSPS) is 17.9. The molecule has 0 aromatic rings. The monoisotopic (exact) mass is 253 g/mol. The first-order valence-electron chi connectivity index (χ1n) is 6.87. The van der Waals surface area contributed by atoms with Crippen LogP contribution >= 0.6 is 0 Å². The van der Waals surface area contributed by atoms with Crippen LogP contribution in [0.25, 0.3) is 0 Å². The fourth-order valence-corrected chi connectivity index (χ4v) is 2.16. The Bertz CT molecular complexity index is 289. The molecule has 0 aliphatic carbocycles. The number of hydrogen-bond acceptors (Lipinski definition) is 3. The first kappa shape index (κ1) is 15.2. The Morgan fingerprint density at radius 2 is 2.00 bits per heavy atom. The van der Waals surface area contributed by atoms with Crippen molar-refractivity contribution in [1.29, 1.82) is 0 Å². The van der Waals surface area contributed by atoms with Crippen LogP contribution in [0.3, 0.4) is 0 Å². The molecule has 1 amide bonds. The summed E-state index contributed by atoms with van der Waals surface area (Å²) in [6.45, 7) is 15.6. The summed E-state index contributed by atoms with van der Waals surface area (Å²) in [5.74, 6) is 0.192. The van der Waals surface area contributed by atoms with E-state index in [0.29, 0.717) is 6.04 Å². The van der Waals surface area contributed by atoms with Gasteiger partial charge in [-0.05, 0) is 12.0 Å². The van der Waals surface area contributed by atoms with Gasteiger partial charge in [0.2, 0.25) is 5.91 Å². The largest absolute Gasteiger partial charge is 0.342 e. The number of nitrogens with zero attached hydrogens (tertiary/aromatic N) is 2. The first-order valence-corrected chi connectivity index (χ1v) is 6.87. The zero-order valence-electron chi connectivity index (χ0n) is 12.0. The van der Waals surface area contributed by atoms with Crippen molar-refractivity contribution in [3.63, 3.8) is 0 Å². The second-order valence-electron chi connectivity index (χ2n) is 5.42. The van der Waals surface area contributed by atoms with E-state index in [1.54, 1.807) is 6.92 Å². The third-order valence-corrected chi connectivity index (χ3v) is 3.24. The van der Waals surface area contributed by atoms with Crippen LogP contribution in [0.4, 0.5) is 0 Å². The topological polar surface area (TPSA) is 35.6 Å². The van der Waals surface area contributed by atoms with Crippen molar-refractivity contribution in [3.8, 4) is 0 Å². The van der Waals surface area contributed by atoms with Gasteiger partial charge in [0, 0.05) is 52.2 Å². The second kappa shape index (κ2) is 7.54. The summed E-state index contributed by atoms with van der Waals surface area (Å²) < 4.78 is 0. The molecule has 104 valence electrons. The van der Waals surface area contributed by atoms with Crippen molar-refractivity contribution in [2.24, 2.45) is 0 Å². The molecule has 1 rings (SSSR count). The van der Waals surface area contributed by atoms with E-state index in [-0.39, 0.29) is 5.91 Å². The third kappa shape index (κ3) is 5.65. The van der Waals surface area contributed by atoms with Crippen molar-refractivity contribution in [2.45, 2.75) is 33.2 Å². The predicted molar refractivity (Wildman–Crippen MR) is 75.6 cm³/mol. The minimum atomic E-state index is 0.192. The minimum Gasteiger partial charge on any atom is -0.342 e. The van der Waals surface area contributed by atoms with Crippen molar-refractivity contribution in [1.82, 2.24) is 15.1 Å². The van der Waals surface area contributed by atoms with Crippen molar-refractivity contribution >= 4 is 5.91 Å². The standard InChI is InChI=1S/C14H27N3O/c1-12(2)15-10-13(3)11-16-6-5-7-17(9-8-16)14(4)18/h12,15H,3,5-11H2,1-2,4H3. The lowest BCUT2D eigenvalue weighted by Gasteiger charge is -2.22. The van der Waals surface area contributed by atoms with Crippen LogP contribution in [0, 0.1) is 0 Å². The van der Waals surface area contributed by atoms with E-state index in [1.807, 2.05) is 4.90 Å². The summed E-state index contributed by atoms with van der Waals surface area (Å²) in [5, 5.41) is 3.39. The number of nitrogens with one attached hydrogen (secondary N) is 1. The van der Waals surface area contributed by atoms with E-state index in [1.165, 1.54) is 5.57 Å². The average molecular weight is 253 g/mol. The maximum absolute atomic E-state index is 11.3. The summed E-state index contributed by atoms with van der Waals surface area (Å²) in [7, 11) is 0. The highest BCUT2D eigenvalue weighted by Gasteiger charge is 2.16. The molecule has 0 aromatic heterocycles. The Kier molecular flexibility index (Phi) is 6.36. The van der Waals surface area contributed by atoms with Crippen LogP contribution in [-0.2, 0) is 4.79 Å². The average Bonchev–Trinajstić information content (AvgIpc) is 2.52. The van der Waals surface area contributed by atoms with E-state index in [2.05, 4.69) is 30.6 Å². The van der Waals surface area contributed by atoms with E-state index in [9.17, 15) is 4.79 Å². The molecule has 1 saturated heterocycles. The van der Waals surface area contributed by atoms with Crippen LogP contribution in [0.2, 0.25) is 0 Å². The second-order valence-corrected chi connectivity index (χ2v) is 5.42. The molecule has 0 saturated carbocycles. The van der Waals surface area contributed by atoms with Gasteiger partial charge in [0.05, 0.1) is 0 Å². The van der Waals surface area contributed by atoms with Gasteiger partial charge >= 0.3 is 0 Å². The number of hydrogen-bond donors (Lipinski definition) is 1. The number of rotatable bonds is 5. The molecular weight excluding hydrogens is 226 g/mol. The lowest BCUT2D eigenvalue weighted by molar-refractivity contribution is -0.128. The fraction of sp³-hybridized carbons (Fsp3) is 0.786. The SMILES string of the molecule is C=C(CNC(C)C)CN1CCCN(C(C)=O)CC1. The number of carbonyl (C=O) groups excluding carboxylic acids is 1. The number of carbonyl (C=O) groups is 1. The van der Waals surface area contributed by atoms with Gasteiger partial charge < -0.3 is 10.2 Å². The molecule has 0 aromatic carbocycles. The van der Waals surface area contributed by atoms with Gasteiger partial charge in [0.15, 0.2) is 0 Å². The molecule has 1 aliphatic rings. The highest BCUT2D eigenvalue weighted by atomic mass is 16.2. The molecule has 0 spiro atoms. The Labute approximate surface area is 111 Å². The molecule has 1 heterocycles. The van der Waals surface area contributed by atoms with Crippen molar-refractivity contribution in [2.75, 3.05) is 39.3 Å². The molecule has 4 nitrogen and oxygen atoms in total. The van der Waals surface area contributed by atoms with Crippen LogP contribution in [0.5, 0.6) is 0 Å². The molecule has 0 unspecified atom stereocenters. The van der Waals surface area contributed by atoms with Crippen LogP contribution in [0.1, 0.15) is 27.2 Å². The molecule has 18 heavy (non-hydrogen) atoms. The van der Waals surface area contributed by atoms with Crippen LogP contribution < -0.4 is 5.32 Å². The van der Waals surface area contributed by atoms with Crippen LogP contribution in [0.15, 0.2) is 12.2 Å². The summed E-state index contributed by atoms with van der Waals surface area (Å²) >= 11 is 0. The van der Waals surface area contributed by atoms with E-state index >= 15 is 0 Å². The highest BCUT2D eigenvalue weighted by Crippen LogP contribution is 2.05. The van der Waals surface area contributed by atoms with E-state index in [0.717, 1.165) is 45.7 Å². The van der Waals surface area contributed by atoms with Gasteiger partial charge in [0.1, 0.15) is 0 Å². The van der Waals surface area contributed by atoms with Gasteiger partial charge in [0.25, 0.3) is 0 Å². The van der Waals surface area contributed by atoms with Gasteiger partial charge in [-0.3, -0.25) is 9.69 Å². The van der Waals surface area contributed by atoms with E-state index < -0.39 is 0 Å². The Morgan fingerprint density at radius 1 is 1.28 bits per heavy atom. The lowest BCUT2D eigenvalue weighted by Crippen LogP contribution is -2.35. The molecule has 0 atom stereocenters. The maximum atomic E-state index is 11.3. The molecule has 0 bridgehead atoms. The summed E-state index contributed by atoms with van der Waals surface area (Å²) in [6, 6.07) is 0.499. The van der Waals surface area contributed by atoms with Crippen LogP contribution in [-0.4, -0.2) is 61.0 Å². The van der Waals surface area contributed by atoms with E-state index in [4.69, 9.17) is 0 Å². The molecule has 0 radical (unpaired) electrons.